The second-order valence-corrected chi connectivity index (χ2v) is 6.92. The van der Waals surface area contributed by atoms with Gasteiger partial charge >= 0.3 is 0 Å². The molecule has 0 aliphatic heterocycles. The predicted octanol–water partition coefficient (Wildman–Crippen LogP) is 5.36. The van der Waals surface area contributed by atoms with Crippen molar-refractivity contribution in [3.63, 3.8) is 0 Å². The minimum atomic E-state index is 0. The second-order valence-electron chi connectivity index (χ2n) is 5.59. The summed E-state index contributed by atoms with van der Waals surface area (Å²) in [6.07, 6.45) is 2.97. The molecule has 0 saturated heterocycles. The van der Waals surface area contributed by atoms with Crippen molar-refractivity contribution in [1.82, 2.24) is 5.32 Å². The highest BCUT2D eigenvalue weighted by molar-refractivity contribution is 9.10. The maximum atomic E-state index is 8.79. The van der Waals surface area contributed by atoms with Gasteiger partial charge < -0.3 is 15.2 Å². The SMILES string of the molecule is Cl.OCCCCCNCc1cc(Br)ccc1OCc1ccccc1Cl. The lowest BCUT2D eigenvalue weighted by Gasteiger charge is -2.13. The molecule has 2 rings (SSSR count). The van der Waals surface area contributed by atoms with Gasteiger partial charge in [0.25, 0.3) is 0 Å². The van der Waals surface area contributed by atoms with Gasteiger partial charge in [0.05, 0.1) is 0 Å². The zero-order valence-corrected chi connectivity index (χ0v) is 17.2. The van der Waals surface area contributed by atoms with Gasteiger partial charge in [0.1, 0.15) is 12.4 Å². The van der Waals surface area contributed by atoms with Crippen molar-refractivity contribution < 1.29 is 9.84 Å². The first-order chi connectivity index (χ1) is 11.7. The zero-order chi connectivity index (χ0) is 17.2. The van der Waals surface area contributed by atoms with Gasteiger partial charge in [-0.25, -0.2) is 0 Å². The van der Waals surface area contributed by atoms with Crippen LogP contribution in [0.2, 0.25) is 5.02 Å². The topological polar surface area (TPSA) is 41.5 Å². The van der Waals surface area contributed by atoms with E-state index in [1.807, 2.05) is 36.4 Å². The number of nitrogens with one attached hydrogen (secondary N) is 1. The van der Waals surface area contributed by atoms with E-state index in [-0.39, 0.29) is 19.0 Å². The van der Waals surface area contributed by atoms with Gasteiger partial charge in [-0.05, 0) is 50.1 Å². The summed E-state index contributed by atoms with van der Waals surface area (Å²) in [5, 5.41) is 12.9. The van der Waals surface area contributed by atoms with E-state index in [1.54, 1.807) is 0 Å². The van der Waals surface area contributed by atoms with Crippen LogP contribution < -0.4 is 10.1 Å². The van der Waals surface area contributed by atoms with Crippen molar-refractivity contribution in [2.45, 2.75) is 32.4 Å². The first-order valence-electron chi connectivity index (χ1n) is 8.17. The molecule has 3 nitrogen and oxygen atoms in total. The van der Waals surface area contributed by atoms with E-state index in [1.165, 1.54) is 0 Å². The Morgan fingerprint density at radius 1 is 1.04 bits per heavy atom. The van der Waals surface area contributed by atoms with Gasteiger partial charge in [-0.15, -0.1) is 12.4 Å². The van der Waals surface area contributed by atoms with E-state index in [9.17, 15) is 0 Å². The fraction of sp³-hybridized carbons (Fsp3) is 0.368. The van der Waals surface area contributed by atoms with E-state index in [0.717, 1.165) is 58.7 Å². The average molecular weight is 449 g/mol. The molecule has 138 valence electrons. The lowest BCUT2D eigenvalue weighted by atomic mass is 10.2. The first-order valence-corrected chi connectivity index (χ1v) is 9.34. The number of ether oxygens (including phenoxy) is 1. The lowest BCUT2D eigenvalue weighted by molar-refractivity contribution is 0.282. The Morgan fingerprint density at radius 2 is 1.84 bits per heavy atom. The van der Waals surface area contributed by atoms with Crippen LogP contribution in [0, 0.1) is 0 Å². The Kier molecular flexibility index (Phi) is 11.2. The minimum absolute atomic E-state index is 0. The normalized spacial score (nSPS) is 10.4. The number of unbranched alkanes of at least 4 members (excludes halogenated alkanes) is 2. The van der Waals surface area contributed by atoms with Crippen molar-refractivity contribution in [3.8, 4) is 5.75 Å². The summed E-state index contributed by atoms with van der Waals surface area (Å²) in [4.78, 5) is 0. The molecule has 0 spiro atoms. The quantitative estimate of drug-likeness (QED) is 0.481. The van der Waals surface area contributed by atoms with Crippen LogP contribution >= 0.6 is 39.9 Å². The molecule has 2 aromatic rings. The smallest absolute Gasteiger partial charge is 0.124 e. The van der Waals surface area contributed by atoms with Crippen molar-refractivity contribution in [2.24, 2.45) is 0 Å². The Morgan fingerprint density at radius 3 is 2.60 bits per heavy atom. The number of aliphatic hydroxyl groups excluding tert-OH is 1. The van der Waals surface area contributed by atoms with Crippen molar-refractivity contribution in [3.05, 3.63) is 63.1 Å². The maximum Gasteiger partial charge on any atom is 0.124 e. The molecule has 0 unspecified atom stereocenters. The van der Waals surface area contributed by atoms with Crippen molar-refractivity contribution in [1.29, 1.82) is 0 Å². The molecule has 0 atom stereocenters. The van der Waals surface area contributed by atoms with Crippen LogP contribution in [0.1, 0.15) is 30.4 Å². The standard InChI is InChI=1S/C19H23BrClNO2.ClH/c20-17-8-9-19(24-14-15-6-2-3-7-18(15)21)16(12-17)13-22-10-4-1-5-11-23;/h2-3,6-9,12,22-23H,1,4-5,10-11,13-14H2;1H. The van der Waals surface area contributed by atoms with E-state index >= 15 is 0 Å². The van der Waals surface area contributed by atoms with E-state index in [2.05, 4.69) is 27.3 Å². The Balaban J connectivity index is 0.00000312. The molecular weight excluding hydrogens is 425 g/mol. The molecule has 0 saturated carbocycles. The van der Waals surface area contributed by atoms with Gasteiger partial charge in [-0.1, -0.05) is 45.7 Å². The fourth-order valence-corrected chi connectivity index (χ4v) is 2.96. The summed E-state index contributed by atoms with van der Waals surface area (Å²) in [7, 11) is 0. The maximum absolute atomic E-state index is 8.79. The number of hydrogen-bond donors (Lipinski definition) is 2. The Bertz CT molecular complexity index is 641. The molecule has 0 bridgehead atoms. The van der Waals surface area contributed by atoms with Crippen LogP contribution in [0.15, 0.2) is 46.9 Å². The molecular formula is C19H24BrCl2NO2. The number of aliphatic hydroxyl groups is 1. The summed E-state index contributed by atoms with van der Waals surface area (Å²) in [6.45, 7) is 2.39. The number of hydrogen-bond acceptors (Lipinski definition) is 3. The molecule has 0 amide bonds. The molecule has 0 fully saturated rings. The van der Waals surface area contributed by atoms with Gasteiger partial charge in [-0.2, -0.15) is 0 Å². The number of halogens is 3. The average Bonchev–Trinajstić information content (AvgIpc) is 2.58. The Hall–Kier alpha value is -0.780. The summed E-state index contributed by atoms with van der Waals surface area (Å²) < 4.78 is 7.01. The monoisotopic (exact) mass is 447 g/mol. The summed E-state index contributed by atoms with van der Waals surface area (Å²) in [5.41, 5.74) is 2.09. The van der Waals surface area contributed by atoms with Crippen LogP contribution in [0.3, 0.4) is 0 Å². The minimum Gasteiger partial charge on any atom is -0.489 e. The largest absolute Gasteiger partial charge is 0.489 e. The summed E-state index contributed by atoms with van der Waals surface area (Å²) in [5.74, 6) is 0.862. The van der Waals surface area contributed by atoms with Crippen LogP contribution in [0.5, 0.6) is 5.75 Å². The van der Waals surface area contributed by atoms with Gasteiger partial charge in [0, 0.05) is 33.8 Å². The van der Waals surface area contributed by atoms with Crippen molar-refractivity contribution >= 4 is 39.9 Å². The zero-order valence-electron chi connectivity index (χ0n) is 14.0. The first kappa shape index (κ1) is 22.3. The second kappa shape index (κ2) is 12.6. The highest BCUT2D eigenvalue weighted by Gasteiger charge is 2.06. The third-order valence-corrected chi connectivity index (χ3v) is 4.55. The van der Waals surface area contributed by atoms with Crippen LogP contribution in [0.25, 0.3) is 0 Å². The number of rotatable bonds is 10. The Labute approximate surface area is 169 Å². The highest BCUT2D eigenvalue weighted by atomic mass is 79.9. The van der Waals surface area contributed by atoms with Gasteiger partial charge in [-0.3, -0.25) is 0 Å². The van der Waals surface area contributed by atoms with E-state index in [0.29, 0.717) is 6.61 Å². The summed E-state index contributed by atoms with van der Waals surface area (Å²) in [6, 6.07) is 13.7. The molecule has 0 aliphatic carbocycles. The molecule has 0 radical (unpaired) electrons. The van der Waals surface area contributed by atoms with Gasteiger partial charge in [0.2, 0.25) is 0 Å². The highest BCUT2D eigenvalue weighted by Crippen LogP contribution is 2.25. The van der Waals surface area contributed by atoms with E-state index in [4.69, 9.17) is 21.4 Å². The third kappa shape index (κ3) is 7.97. The van der Waals surface area contributed by atoms with Crippen LogP contribution in [-0.4, -0.2) is 18.3 Å². The predicted molar refractivity (Wildman–Crippen MR) is 110 cm³/mol. The lowest BCUT2D eigenvalue weighted by Crippen LogP contribution is -2.15. The van der Waals surface area contributed by atoms with Crippen molar-refractivity contribution in [2.75, 3.05) is 13.2 Å². The fourth-order valence-electron chi connectivity index (χ4n) is 2.36. The number of benzene rings is 2. The third-order valence-electron chi connectivity index (χ3n) is 3.69. The molecule has 6 heteroatoms. The molecule has 0 aromatic heterocycles. The van der Waals surface area contributed by atoms with Crippen LogP contribution in [-0.2, 0) is 13.2 Å². The molecule has 25 heavy (non-hydrogen) atoms. The van der Waals surface area contributed by atoms with Crippen LogP contribution in [0.4, 0.5) is 0 Å². The molecule has 2 N–H and O–H groups in total. The van der Waals surface area contributed by atoms with Gasteiger partial charge in [0.15, 0.2) is 0 Å². The summed E-state index contributed by atoms with van der Waals surface area (Å²) >= 11 is 9.70. The molecule has 0 heterocycles. The molecule has 0 aliphatic rings. The molecule has 2 aromatic carbocycles. The van der Waals surface area contributed by atoms with E-state index < -0.39 is 0 Å².